The molecule has 1 aromatic carbocycles. The lowest BCUT2D eigenvalue weighted by atomic mass is 9.87. The van der Waals surface area contributed by atoms with Crippen molar-refractivity contribution in [3.8, 4) is 0 Å². The van der Waals surface area contributed by atoms with Crippen LogP contribution in [0.25, 0.3) is 0 Å². The number of aromatic nitrogens is 1. The Kier molecular flexibility index (Phi) is 4.05. The predicted molar refractivity (Wildman–Crippen MR) is 68.6 cm³/mol. The SMILES string of the molecule is CCC(c1ccccc1)C(O)c1ccncc1F. The summed E-state index contributed by atoms with van der Waals surface area (Å²) in [6, 6.07) is 11.2. The van der Waals surface area contributed by atoms with Crippen molar-refractivity contribution in [2.45, 2.75) is 25.4 Å². The molecule has 18 heavy (non-hydrogen) atoms. The van der Waals surface area contributed by atoms with Gasteiger partial charge in [-0.15, -0.1) is 0 Å². The highest BCUT2D eigenvalue weighted by Crippen LogP contribution is 2.34. The smallest absolute Gasteiger partial charge is 0.147 e. The molecular formula is C15H16FNO. The maximum absolute atomic E-state index is 13.6. The molecular weight excluding hydrogens is 229 g/mol. The number of hydrogen-bond donors (Lipinski definition) is 1. The van der Waals surface area contributed by atoms with E-state index in [0.29, 0.717) is 5.56 Å². The minimum absolute atomic E-state index is 0.108. The van der Waals surface area contributed by atoms with E-state index < -0.39 is 11.9 Å². The zero-order valence-electron chi connectivity index (χ0n) is 10.3. The number of halogens is 1. The Morgan fingerprint density at radius 1 is 1.22 bits per heavy atom. The summed E-state index contributed by atoms with van der Waals surface area (Å²) in [4.78, 5) is 3.70. The highest BCUT2D eigenvalue weighted by atomic mass is 19.1. The van der Waals surface area contributed by atoms with Crippen LogP contribution in [0.1, 0.15) is 36.5 Å². The maximum atomic E-state index is 13.6. The van der Waals surface area contributed by atoms with Gasteiger partial charge in [-0.05, 0) is 18.1 Å². The Hall–Kier alpha value is -1.74. The molecule has 0 saturated heterocycles. The van der Waals surface area contributed by atoms with E-state index in [1.54, 1.807) is 0 Å². The van der Waals surface area contributed by atoms with Gasteiger partial charge in [0.15, 0.2) is 0 Å². The highest BCUT2D eigenvalue weighted by Gasteiger charge is 2.23. The Labute approximate surface area is 106 Å². The van der Waals surface area contributed by atoms with Crippen LogP contribution in [-0.4, -0.2) is 10.1 Å². The number of nitrogens with zero attached hydrogens (tertiary/aromatic N) is 1. The molecule has 1 heterocycles. The van der Waals surface area contributed by atoms with Gasteiger partial charge in [-0.2, -0.15) is 0 Å². The topological polar surface area (TPSA) is 33.1 Å². The van der Waals surface area contributed by atoms with Gasteiger partial charge in [0.05, 0.1) is 12.3 Å². The minimum Gasteiger partial charge on any atom is -0.388 e. The first-order valence-electron chi connectivity index (χ1n) is 6.06. The normalized spacial score (nSPS) is 14.2. The van der Waals surface area contributed by atoms with Gasteiger partial charge in [-0.1, -0.05) is 37.3 Å². The van der Waals surface area contributed by atoms with E-state index >= 15 is 0 Å². The molecule has 0 saturated carbocycles. The molecule has 2 unspecified atom stereocenters. The summed E-state index contributed by atoms with van der Waals surface area (Å²) in [6.45, 7) is 1.99. The van der Waals surface area contributed by atoms with Crippen LogP contribution < -0.4 is 0 Å². The van der Waals surface area contributed by atoms with Crippen molar-refractivity contribution in [1.82, 2.24) is 4.98 Å². The summed E-state index contributed by atoms with van der Waals surface area (Å²) in [5.74, 6) is -0.567. The first-order chi connectivity index (χ1) is 8.74. The fourth-order valence-corrected chi connectivity index (χ4v) is 2.18. The van der Waals surface area contributed by atoms with Gasteiger partial charge in [-0.3, -0.25) is 4.98 Å². The summed E-state index contributed by atoms with van der Waals surface area (Å²) in [6.07, 6.45) is 2.53. The van der Waals surface area contributed by atoms with Crippen LogP contribution in [0.3, 0.4) is 0 Å². The van der Waals surface area contributed by atoms with Crippen LogP contribution in [0, 0.1) is 5.82 Å². The standard InChI is InChI=1S/C15H16FNO/c1-2-12(11-6-4-3-5-7-11)15(18)13-8-9-17-10-14(13)16/h3-10,12,15,18H,2H2,1H3. The quantitative estimate of drug-likeness (QED) is 0.895. The van der Waals surface area contributed by atoms with Gasteiger partial charge in [0.25, 0.3) is 0 Å². The van der Waals surface area contributed by atoms with Crippen LogP contribution in [0.2, 0.25) is 0 Å². The lowest BCUT2D eigenvalue weighted by Gasteiger charge is -2.22. The molecule has 2 nitrogen and oxygen atoms in total. The van der Waals surface area contributed by atoms with Crippen molar-refractivity contribution in [3.05, 3.63) is 65.7 Å². The molecule has 94 valence electrons. The molecule has 0 aliphatic carbocycles. The third-order valence-electron chi connectivity index (χ3n) is 3.17. The zero-order valence-corrected chi connectivity index (χ0v) is 10.3. The summed E-state index contributed by atoms with van der Waals surface area (Å²) in [5, 5.41) is 10.3. The molecule has 2 atom stereocenters. The van der Waals surface area contributed by atoms with Gasteiger partial charge < -0.3 is 5.11 Å². The van der Waals surface area contributed by atoms with Gasteiger partial charge >= 0.3 is 0 Å². The van der Waals surface area contributed by atoms with E-state index in [4.69, 9.17) is 0 Å². The van der Waals surface area contributed by atoms with Crippen LogP contribution >= 0.6 is 0 Å². The average molecular weight is 245 g/mol. The van der Waals surface area contributed by atoms with Crippen molar-refractivity contribution in [2.75, 3.05) is 0 Å². The van der Waals surface area contributed by atoms with Crippen molar-refractivity contribution in [1.29, 1.82) is 0 Å². The zero-order chi connectivity index (χ0) is 13.0. The number of hydrogen-bond acceptors (Lipinski definition) is 2. The third-order valence-corrected chi connectivity index (χ3v) is 3.17. The van der Waals surface area contributed by atoms with Crippen molar-refractivity contribution in [2.24, 2.45) is 0 Å². The number of aliphatic hydroxyl groups excluding tert-OH is 1. The molecule has 3 heteroatoms. The summed E-state index contributed by atoms with van der Waals surface area (Å²) in [5.41, 5.74) is 1.32. The average Bonchev–Trinajstić information content (AvgIpc) is 2.41. The maximum Gasteiger partial charge on any atom is 0.147 e. The van der Waals surface area contributed by atoms with Crippen molar-refractivity contribution in [3.63, 3.8) is 0 Å². The van der Waals surface area contributed by atoms with E-state index in [-0.39, 0.29) is 5.92 Å². The predicted octanol–water partition coefficient (Wildman–Crippen LogP) is 3.45. The number of rotatable bonds is 4. The van der Waals surface area contributed by atoms with E-state index in [1.807, 2.05) is 37.3 Å². The van der Waals surface area contributed by atoms with Gasteiger partial charge in [0.2, 0.25) is 0 Å². The van der Waals surface area contributed by atoms with Crippen molar-refractivity contribution < 1.29 is 9.50 Å². The second-order valence-electron chi connectivity index (χ2n) is 4.27. The molecule has 0 fully saturated rings. The van der Waals surface area contributed by atoms with Gasteiger partial charge in [0.1, 0.15) is 5.82 Å². The Morgan fingerprint density at radius 3 is 2.56 bits per heavy atom. The van der Waals surface area contributed by atoms with Crippen LogP contribution in [0.15, 0.2) is 48.8 Å². The molecule has 0 aliphatic heterocycles. The molecule has 0 radical (unpaired) electrons. The molecule has 2 rings (SSSR count). The van der Waals surface area contributed by atoms with E-state index in [0.717, 1.165) is 18.2 Å². The third kappa shape index (κ3) is 2.57. The lowest BCUT2D eigenvalue weighted by molar-refractivity contribution is 0.138. The van der Waals surface area contributed by atoms with E-state index in [2.05, 4.69) is 4.98 Å². The van der Waals surface area contributed by atoms with Gasteiger partial charge in [0, 0.05) is 17.7 Å². The largest absolute Gasteiger partial charge is 0.388 e. The fraction of sp³-hybridized carbons (Fsp3) is 0.267. The Morgan fingerprint density at radius 2 is 1.94 bits per heavy atom. The second kappa shape index (κ2) is 5.74. The van der Waals surface area contributed by atoms with E-state index in [9.17, 15) is 9.50 Å². The Balaban J connectivity index is 2.32. The number of aliphatic hydroxyl groups is 1. The summed E-state index contributed by atoms with van der Waals surface area (Å²) < 4.78 is 13.6. The molecule has 2 aromatic rings. The second-order valence-corrected chi connectivity index (χ2v) is 4.27. The van der Waals surface area contributed by atoms with Crippen LogP contribution in [0.5, 0.6) is 0 Å². The molecule has 0 spiro atoms. The fourth-order valence-electron chi connectivity index (χ4n) is 2.18. The molecule has 1 N–H and O–H groups in total. The highest BCUT2D eigenvalue weighted by molar-refractivity contribution is 5.26. The van der Waals surface area contributed by atoms with Crippen LogP contribution in [0.4, 0.5) is 4.39 Å². The number of benzene rings is 1. The van der Waals surface area contributed by atoms with Crippen molar-refractivity contribution >= 4 is 0 Å². The lowest BCUT2D eigenvalue weighted by Crippen LogP contribution is -2.12. The van der Waals surface area contributed by atoms with Crippen LogP contribution in [-0.2, 0) is 0 Å². The monoisotopic (exact) mass is 245 g/mol. The summed E-state index contributed by atoms with van der Waals surface area (Å²) in [7, 11) is 0. The molecule has 0 amide bonds. The first kappa shape index (κ1) is 12.7. The molecule has 0 bridgehead atoms. The molecule has 1 aromatic heterocycles. The van der Waals surface area contributed by atoms with E-state index in [1.165, 1.54) is 12.3 Å². The first-order valence-corrected chi connectivity index (χ1v) is 6.06. The molecule has 0 aliphatic rings. The van der Waals surface area contributed by atoms with Gasteiger partial charge in [-0.25, -0.2) is 4.39 Å². The summed E-state index contributed by atoms with van der Waals surface area (Å²) >= 11 is 0. The minimum atomic E-state index is -0.847. The number of pyridine rings is 1. The Bertz CT molecular complexity index is 501.